The molecule has 0 spiro atoms. The molecule has 0 saturated heterocycles. The maximum absolute atomic E-state index is 8.74. The van der Waals surface area contributed by atoms with E-state index in [1.807, 2.05) is 0 Å². The van der Waals surface area contributed by atoms with E-state index >= 15 is 0 Å². The molecule has 0 atom stereocenters. The van der Waals surface area contributed by atoms with E-state index in [9.17, 15) is 0 Å². The summed E-state index contributed by atoms with van der Waals surface area (Å²) in [5.41, 5.74) is 0. The average Bonchev–Trinajstić information content (AvgIpc) is 0.722. The first-order chi connectivity index (χ1) is 2.00. The molecule has 0 saturated carbocycles. The largest absolute Gasteiger partial charge is 0.394 e. The fourth-order valence-electron chi connectivity index (χ4n) is 0. The Kier molecular flexibility index (Phi) is 5.38. The molecule has 0 aromatic rings. The van der Waals surface area contributed by atoms with Gasteiger partial charge in [0.1, 0.15) is 0 Å². The predicted octanol–water partition coefficient (Wildman–Crippen LogP) is -0.653. The molecule has 0 rings (SSSR count). The summed E-state index contributed by atoms with van der Waals surface area (Å²) >= 11 is 0. The summed E-state index contributed by atoms with van der Waals surface area (Å²) in [4.78, 5) is 0. The van der Waals surface area contributed by atoms with Crippen molar-refractivity contribution in [3.05, 3.63) is 0 Å². The first-order valence-corrected chi connectivity index (χ1v) is 2.10. The third-order valence-corrected chi connectivity index (χ3v) is 0. The van der Waals surface area contributed by atoms with Gasteiger partial charge >= 0.3 is 10.4 Å². The topological polar surface area (TPSA) is 74.6 Å². The van der Waals surface area contributed by atoms with Crippen LogP contribution in [0.5, 0.6) is 0 Å². The van der Waals surface area contributed by atoms with Gasteiger partial charge in [-0.3, -0.25) is 9.11 Å². The van der Waals surface area contributed by atoms with Crippen LogP contribution < -0.4 is 0 Å². The zero-order valence-electron chi connectivity index (χ0n) is 2.47. The van der Waals surface area contributed by atoms with Crippen LogP contribution in [-0.4, -0.2) is 17.5 Å². The fourth-order valence-corrected chi connectivity index (χ4v) is 0. The standard InChI is InChI=1S/Ar.H2O4S/c;1-5(2,3)4/h;(H2,1,2,3,4). The summed E-state index contributed by atoms with van der Waals surface area (Å²) in [5.74, 6) is 0. The summed E-state index contributed by atoms with van der Waals surface area (Å²) in [6.07, 6.45) is 0. The predicted molar refractivity (Wildman–Crippen MR) is 14.2 cm³/mol. The molecule has 0 bridgehead atoms. The first-order valence-electron chi connectivity index (χ1n) is 0.698. The van der Waals surface area contributed by atoms with E-state index in [2.05, 4.69) is 0 Å². The van der Waals surface area contributed by atoms with E-state index < -0.39 is 10.4 Å². The van der Waals surface area contributed by atoms with E-state index in [0.29, 0.717) is 0 Å². The molecule has 0 aliphatic rings. The Morgan fingerprint density at radius 2 is 1.17 bits per heavy atom. The van der Waals surface area contributed by atoms with E-state index in [1.54, 1.807) is 0 Å². The number of hydrogen-bond donors (Lipinski definition) is 2. The Morgan fingerprint density at radius 3 is 1.17 bits per heavy atom. The Balaban J connectivity index is 0. The van der Waals surface area contributed by atoms with Crippen molar-refractivity contribution in [1.82, 2.24) is 0 Å². The van der Waals surface area contributed by atoms with E-state index in [1.165, 1.54) is 0 Å². The van der Waals surface area contributed by atoms with Gasteiger partial charge in [-0.2, -0.15) is 8.42 Å². The van der Waals surface area contributed by atoms with E-state index in [-0.39, 0.29) is 37.7 Å². The van der Waals surface area contributed by atoms with Gasteiger partial charge in [-0.15, -0.1) is 0 Å². The summed E-state index contributed by atoms with van der Waals surface area (Å²) in [7, 11) is -4.67. The van der Waals surface area contributed by atoms with Gasteiger partial charge in [0.2, 0.25) is 0 Å². The van der Waals surface area contributed by atoms with E-state index in [4.69, 9.17) is 17.5 Å². The number of rotatable bonds is 0. The normalized spacial score (nSPS) is 9.67. The molecule has 0 radical (unpaired) electrons. The minimum atomic E-state index is -4.67. The van der Waals surface area contributed by atoms with Crippen LogP contribution in [0.15, 0.2) is 0 Å². The van der Waals surface area contributed by atoms with E-state index in [0.717, 1.165) is 0 Å². The molecular weight excluding hydrogens is 136 g/mol. The van der Waals surface area contributed by atoms with Crippen molar-refractivity contribution in [2.24, 2.45) is 0 Å². The molecule has 0 aromatic heterocycles. The van der Waals surface area contributed by atoms with Crippen LogP contribution >= 0.6 is 0 Å². The van der Waals surface area contributed by atoms with Gasteiger partial charge in [-0.1, -0.05) is 0 Å². The molecule has 0 aliphatic heterocycles. The second-order valence-corrected chi connectivity index (χ2v) is 1.34. The van der Waals surface area contributed by atoms with Crippen LogP contribution in [-0.2, 0) is 10.4 Å². The van der Waals surface area contributed by atoms with Crippen LogP contribution in [0.4, 0.5) is 0 Å². The Hall–Kier alpha value is 1.13. The van der Waals surface area contributed by atoms with Gasteiger partial charge < -0.3 is 0 Å². The minimum Gasteiger partial charge on any atom is -0.264 e. The Bertz CT molecular complexity index is 90.7. The van der Waals surface area contributed by atoms with Gasteiger partial charge in [0.15, 0.2) is 0 Å². The third kappa shape index (κ3) is 68.5. The first kappa shape index (κ1) is 10.2. The minimum absolute atomic E-state index is 0. The molecule has 6 heteroatoms. The maximum Gasteiger partial charge on any atom is 0.394 e. The van der Waals surface area contributed by atoms with Gasteiger partial charge in [-0.25, -0.2) is 0 Å². The third-order valence-electron chi connectivity index (χ3n) is 0. The molecule has 0 amide bonds. The second-order valence-electron chi connectivity index (χ2n) is 0.448. The van der Waals surface area contributed by atoms with Crippen LogP contribution in [0.2, 0.25) is 0 Å². The fraction of sp³-hybridized carbons (Fsp3) is 0. The SMILES string of the molecule is O=S(=O)(O)O.[Ar]. The molecule has 40 valence electrons. The van der Waals surface area contributed by atoms with Crippen molar-refractivity contribution in [2.75, 3.05) is 0 Å². The smallest absolute Gasteiger partial charge is 0.264 e. The van der Waals surface area contributed by atoms with Gasteiger partial charge in [0, 0.05) is 37.7 Å². The average molecular weight is 138 g/mol. The molecule has 0 fully saturated rings. The van der Waals surface area contributed by atoms with Crippen LogP contribution in [0, 0.1) is 37.7 Å². The quantitative estimate of drug-likeness (QED) is 0.436. The number of hydrogen-bond acceptors (Lipinski definition) is 2. The molecule has 0 unspecified atom stereocenters. The van der Waals surface area contributed by atoms with Crippen molar-refractivity contribution in [3.8, 4) is 0 Å². The molecule has 0 aromatic carbocycles. The monoisotopic (exact) mass is 138 g/mol. The molecule has 4 nitrogen and oxygen atoms in total. The van der Waals surface area contributed by atoms with Gasteiger partial charge in [-0.05, 0) is 0 Å². The van der Waals surface area contributed by atoms with Crippen LogP contribution in [0.1, 0.15) is 0 Å². The summed E-state index contributed by atoms with van der Waals surface area (Å²) in [6, 6.07) is 0. The molecular formula is H2ArO4S. The van der Waals surface area contributed by atoms with Crippen molar-refractivity contribution < 1.29 is 55.3 Å². The zero-order valence-corrected chi connectivity index (χ0v) is 4.00. The van der Waals surface area contributed by atoms with Crippen molar-refractivity contribution in [2.45, 2.75) is 0 Å². The molecule has 0 aliphatic carbocycles. The van der Waals surface area contributed by atoms with Gasteiger partial charge in [0.05, 0.1) is 0 Å². The van der Waals surface area contributed by atoms with Crippen molar-refractivity contribution in [3.63, 3.8) is 0 Å². The maximum atomic E-state index is 8.74. The summed E-state index contributed by atoms with van der Waals surface area (Å²) < 4.78 is 31.6. The molecule has 6 heavy (non-hydrogen) atoms. The van der Waals surface area contributed by atoms with Crippen LogP contribution in [0.25, 0.3) is 0 Å². The van der Waals surface area contributed by atoms with Crippen molar-refractivity contribution in [1.29, 1.82) is 0 Å². The van der Waals surface area contributed by atoms with Gasteiger partial charge in [0.25, 0.3) is 0 Å². The second kappa shape index (κ2) is 3.17. The van der Waals surface area contributed by atoms with Crippen molar-refractivity contribution >= 4 is 10.4 Å². The Morgan fingerprint density at radius 1 is 1.17 bits per heavy atom. The molecule has 2 N–H and O–H groups in total. The Labute approximate surface area is 65.1 Å². The molecule has 0 heterocycles. The summed E-state index contributed by atoms with van der Waals surface area (Å²) in [6.45, 7) is 0. The zero-order chi connectivity index (χ0) is 4.50. The van der Waals surface area contributed by atoms with Crippen LogP contribution in [0.3, 0.4) is 0 Å². The summed E-state index contributed by atoms with van der Waals surface area (Å²) in [5, 5.41) is 0.